The molecule has 1 atom stereocenters. The van der Waals surface area contributed by atoms with Crippen molar-refractivity contribution in [1.82, 2.24) is 4.90 Å². The summed E-state index contributed by atoms with van der Waals surface area (Å²) in [7, 11) is 0. The second-order valence-electron chi connectivity index (χ2n) is 7.82. The van der Waals surface area contributed by atoms with Gasteiger partial charge in [0.15, 0.2) is 0 Å². The molecule has 2 aromatic rings. The molecule has 2 aromatic carbocycles. The Labute approximate surface area is 170 Å². The van der Waals surface area contributed by atoms with Gasteiger partial charge in [0.05, 0.1) is 6.04 Å². The Morgan fingerprint density at radius 3 is 2.57 bits per heavy atom. The predicted molar refractivity (Wildman–Crippen MR) is 111 cm³/mol. The number of carbonyl (C=O) groups excluding carboxylic acids is 2. The van der Waals surface area contributed by atoms with Crippen LogP contribution >= 0.6 is 11.6 Å². The van der Waals surface area contributed by atoms with Crippen LogP contribution in [0.15, 0.2) is 48.5 Å². The average molecular weight is 397 g/mol. The zero-order valence-corrected chi connectivity index (χ0v) is 16.6. The first-order valence-corrected chi connectivity index (χ1v) is 10.4. The first-order chi connectivity index (χ1) is 13.6. The number of benzene rings is 2. The van der Waals surface area contributed by atoms with Crippen molar-refractivity contribution in [2.75, 3.05) is 11.9 Å². The van der Waals surface area contributed by atoms with Crippen molar-refractivity contribution in [2.24, 2.45) is 5.92 Å². The maximum Gasteiger partial charge on any atom is 0.244 e. The molecule has 0 radical (unpaired) electrons. The fourth-order valence-electron chi connectivity index (χ4n) is 4.46. The van der Waals surface area contributed by atoms with Crippen LogP contribution < -0.4 is 5.32 Å². The third-order valence-corrected chi connectivity index (χ3v) is 6.07. The molecule has 2 amide bonds. The molecule has 2 aliphatic rings. The van der Waals surface area contributed by atoms with Crippen LogP contribution in [0.2, 0.25) is 5.02 Å². The van der Waals surface area contributed by atoms with Crippen LogP contribution in [0.25, 0.3) is 0 Å². The molecule has 0 saturated heterocycles. The Hall–Kier alpha value is -2.33. The maximum atomic E-state index is 13.4. The summed E-state index contributed by atoms with van der Waals surface area (Å²) in [4.78, 5) is 27.7. The van der Waals surface area contributed by atoms with Crippen LogP contribution in [-0.2, 0) is 9.59 Å². The molecular weight excluding hydrogens is 372 g/mol. The van der Waals surface area contributed by atoms with Crippen LogP contribution in [-0.4, -0.2) is 23.3 Å². The summed E-state index contributed by atoms with van der Waals surface area (Å²) in [6.45, 7) is 0.0530. The van der Waals surface area contributed by atoms with Gasteiger partial charge in [-0.05, 0) is 42.5 Å². The standard InChI is InChI=1S/C23H25ClN2O2/c24-18-11-12-20-19(14-18)23(17-9-5-2-6-10-17)26(15-21(27)25-20)22(28)13-16-7-3-1-4-8-16/h2,5-6,9-12,14,16,23H,1,3-4,7-8,13,15H2,(H,25,27)/t23-/m1/s1. The van der Waals surface area contributed by atoms with Crippen molar-refractivity contribution in [1.29, 1.82) is 0 Å². The van der Waals surface area contributed by atoms with E-state index in [0.29, 0.717) is 17.4 Å². The molecule has 28 heavy (non-hydrogen) atoms. The van der Waals surface area contributed by atoms with E-state index in [-0.39, 0.29) is 24.4 Å². The first kappa shape index (κ1) is 19.0. The predicted octanol–water partition coefficient (Wildman–Crippen LogP) is 5.18. The molecule has 5 heteroatoms. The molecule has 146 valence electrons. The van der Waals surface area contributed by atoms with Crippen molar-refractivity contribution >= 4 is 29.1 Å². The molecule has 0 bridgehead atoms. The van der Waals surface area contributed by atoms with Crippen LogP contribution in [0.1, 0.15) is 55.7 Å². The molecule has 1 aliphatic carbocycles. The second-order valence-corrected chi connectivity index (χ2v) is 8.26. The molecule has 1 fully saturated rings. The highest BCUT2D eigenvalue weighted by Gasteiger charge is 2.34. The van der Waals surface area contributed by atoms with Gasteiger partial charge < -0.3 is 10.2 Å². The monoisotopic (exact) mass is 396 g/mol. The third kappa shape index (κ3) is 4.07. The smallest absolute Gasteiger partial charge is 0.244 e. The number of anilines is 1. The Kier molecular flexibility index (Phi) is 5.67. The highest BCUT2D eigenvalue weighted by Crippen LogP contribution is 2.38. The van der Waals surface area contributed by atoms with Crippen LogP contribution in [0.4, 0.5) is 5.69 Å². The van der Waals surface area contributed by atoms with Gasteiger partial charge in [-0.2, -0.15) is 0 Å². The normalized spacial score (nSPS) is 20.2. The van der Waals surface area contributed by atoms with Gasteiger partial charge in [0.1, 0.15) is 6.54 Å². The van der Waals surface area contributed by atoms with E-state index in [9.17, 15) is 9.59 Å². The maximum absolute atomic E-state index is 13.4. The Morgan fingerprint density at radius 1 is 1.07 bits per heavy atom. The van der Waals surface area contributed by atoms with Crippen molar-refractivity contribution in [3.63, 3.8) is 0 Å². The lowest BCUT2D eigenvalue weighted by molar-refractivity contribution is -0.137. The van der Waals surface area contributed by atoms with Crippen molar-refractivity contribution in [2.45, 2.75) is 44.6 Å². The number of carbonyl (C=O) groups is 2. The summed E-state index contributed by atoms with van der Waals surface area (Å²) in [5, 5.41) is 3.54. The summed E-state index contributed by atoms with van der Waals surface area (Å²) >= 11 is 6.29. The topological polar surface area (TPSA) is 49.4 Å². The molecule has 1 saturated carbocycles. The largest absolute Gasteiger partial charge is 0.324 e. The number of hydrogen-bond acceptors (Lipinski definition) is 2. The molecule has 0 spiro atoms. The van der Waals surface area contributed by atoms with Crippen molar-refractivity contribution < 1.29 is 9.59 Å². The second kappa shape index (κ2) is 8.36. The average Bonchev–Trinajstić information content (AvgIpc) is 2.85. The summed E-state index contributed by atoms with van der Waals surface area (Å²) in [6.07, 6.45) is 6.36. The van der Waals surface area contributed by atoms with Gasteiger partial charge >= 0.3 is 0 Å². The number of fused-ring (bicyclic) bond motifs is 1. The number of nitrogens with one attached hydrogen (secondary N) is 1. The van der Waals surface area contributed by atoms with Gasteiger partial charge in [-0.1, -0.05) is 61.2 Å². The number of halogens is 1. The summed E-state index contributed by atoms with van der Waals surface area (Å²) < 4.78 is 0. The Bertz CT molecular complexity index is 862. The number of rotatable bonds is 3. The fraction of sp³-hybridized carbons (Fsp3) is 0.391. The van der Waals surface area contributed by atoms with E-state index in [4.69, 9.17) is 11.6 Å². The lowest BCUT2D eigenvalue weighted by atomic mass is 9.86. The minimum Gasteiger partial charge on any atom is -0.324 e. The summed E-state index contributed by atoms with van der Waals surface area (Å²) in [5.74, 6) is 0.297. The molecule has 4 rings (SSSR count). The van der Waals surface area contributed by atoms with Crippen LogP contribution in [0.5, 0.6) is 0 Å². The molecule has 0 aromatic heterocycles. The van der Waals surface area contributed by atoms with Gasteiger partial charge in [0, 0.05) is 22.7 Å². The SMILES string of the molecule is O=C1CN(C(=O)CC2CCCCC2)[C@H](c2ccccc2)c2cc(Cl)ccc2N1. The summed E-state index contributed by atoms with van der Waals surface area (Å²) in [6, 6.07) is 15.0. The van der Waals surface area contributed by atoms with Gasteiger partial charge in [-0.15, -0.1) is 0 Å². The van der Waals surface area contributed by atoms with E-state index >= 15 is 0 Å². The van der Waals surface area contributed by atoms with Crippen molar-refractivity contribution in [3.05, 3.63) is 64.7 Å². The van der Waals surface area contributed by atoms with Gasteiger partial charge in [0.2, 0.25) is 11.8 Å². The minimum absolute atomic E-state index is 0.0451. The lowest BCUT2D eigenvalue weighted by Crippen LogP contribution is -2.39. The van der Waals surface area contributed by atoms with E-state index in [1.165, 1.54) is 19.3 Å². The van der Waals surface area contributed by atoms with Gasteiger partial charge in [0.25, 0.3) is 0 Å². The highest BCUT2D eigenvalue weighted by molar-refractivity contribution is 6.30. The Balaban J connectivity index is 1.73. The summed E-state index contributed by atoms with van der Waals surface area (Å²) in [5.41, 5.74) is 2.57. The lowest BCUT2D eigenvalue weighted by Gasteiger charge is -2.32. The number of hydrogen-bond donors (Lipinski definition) is 1. The van der Waals surface area contributed by atoms with Gasteiger partial charge in [-0.3, -0.25) is 9.59 Å². The molecule has 1 N–H and O–H groups in total. The van der Waals surface area contributed by atoms with E-state index in [1.807, 2.05) is 42.5 Å². The minimum atomic E-state index is -0.329. The number of nitrogens with zero attached hydrogens (tertiary/aromatic N) is 1. The fourth-order valence-corrected chi connectivity index (χ4v) is 4.64. The number of amides is 2. The van der Waals surface area contributed by atoms with E-state index < -0.39 is 0 Å². The zero-order chi connectivity index (χ0) is 19.5. The first-order valence-electron chi connectivity index (χ1n) is 10.1. The molecule has 0 unspecified atom stereocenters. The molecular formula is C23H25ClN2O2. The van der Waals surface area contributed by atoms with E-state index in [2.05, 4.69) is 5.32 Å². The third-order valence-electron chi connectivity index (χ3n) is 5.83. The Morgan fingerprint density at radius 2 is 1.82 bits per heavy atom. The van der Waals surface area contributed by atoms with Crippen molar-refractivity contribution in [3.8, 4) is 0 Å². The van der Waals surface area contributed by atoms with Crippen LogP contribution in [0.3, 0.4) is 0 Å². The molecule has 1 aliphatic heterocycles. The van der Waals surface area contributed by atoms with Crippen LogP contribution in [0, 0.1) is 5.92 Å². The highest BCUT2D eigenvalue weighted by atomic mass is 35.5. The van der Waals surface area contributed by atoms with E-state index in [1.54, 1.807) is 11.0 Å². The molecule has 1 heterocycles. The van der Waals surface area contributed by atoms with Gasteiger partial charge in [-0.25, -0.2) is 0 Å². The quantitative estimate of drug-likeness (QED) is 0.776. The molecule has 4 nitrogen and oxygen atoms in total. The zero-order valence-electron chi connectivity index (χ0n) is 15.9. The van der Waals surface area contributed by atoms with E-state index in [0.717, 1.165) is 29.7 Å².